The summed E-state index contributed by atoms with van der Waals surface area (Å²) in [6.45, 7) is 1.55. The monoisotopic (exact) mass is 208 g/mol. The summed E-state index contributed by atoms with van der Waals surface area (Å²) in [5.41, 5.74) is 6.35. The van der Waals surface area contributed by atoms with Crippen LogP contribution in [-0.4, -0.2) is 30.6 Å². The minimum Gasteiger partial charge on any atom is -0.338 e. The second-order valence-electron chi connectivity index (χ2n) is 3.08. The molecule has 1 heterocycles. The normalized spacial score (nSPS) is 9.67. The molecule has 0 aliphatic heterocycles. The van der Waals surface area contributed by atoms with Crippen LogP contribution in [0.25, 0.3) is 0 Å². The van der Waals surface area contributed by atoms with E-state index in [9.17, 15) is 4.79 Å². The Bertz CT molecular complexity index is 289. The van der Waals surface area contributed by atoms with Gasteiger partial charge in [0.15, 0.2) is 0 Å². The number of aromatic nitrogens is 1. The highest BCUT2D eigenvalue weighted by atomic mass is 16.2. The van der Waals surface area contributed by atoms with E-state index in [1.807, 2.05) is 12.1 Å². The first-order chi connectivity index (χ1) is 7.33. The van der Waals surface area contributed by atoms with Crippen molar-refractivity contribution in [2.45, 2.75) is 6.42 Å². The summed E-state index contributed by atoms with van der Waals surface area (Å²) in [6, 6.07) is 3.68. The number of pyridine rings is 1. The van der Waals surface area contributed by atoms with Crippen molar-refractivity contribution in [3.05, 3.63) is 30.1 Å². The molecule has 0 aromatic carbocycles. The molecule has 0 saturated heterocycles. The fourth-order valence-electron chi connectivity index (χ4n) is 1.11. The van der Waals surface area contributed by atoms with Crippen LogP contribution >= 0.6 is 0 Å². The Balaban J connectivity index is 2.14. The predicted octanol–water partition coefficient (Wildman–Crippen LogP) is -0.118. The molecule has 4 N–H and O–H groups in total. The van der Waals surface area contributed by atoms with Gasteiger partial charge in [-0.15, -0.1) is 0 Å². The molecule has 5 heteroatoms. The molecule has 0 bridgehead atoms. The lowest BCUT2D eigenvalue weighted by atomic mass is 10.2. The molecule has 82 valence electrons. The zero-order valence-electron chi connectivity index (χ0n) is 8.57. The highest BCUT2D eigenvalue weighted by molar-refractivity contribution is 5.73. The maximum Gasteiger partial charge on any atom is 0.314 e. The maximum absolute atomic E-state index is 11.1. The third-order valence-electron chi connectivity index (χ3n) is 1.85. The zero-order valence-corrected chi connectivity index (χ0v) is 8.57. The highest BCUT2D eigenvalue weighted by Crippen LogP contribution is 1.94. The average Bonchev–Trinajstić information content (AvgIpc) is 2.28. The Kier molecular flexibility index (Phi) is 5.18. The van der Waals surface area contributed by atoms with E-state index in [0.29, 0.717) is 19.6 Å². The molecular weight excluding hydrogens is 192 g/mol. The van der Waals surface area contributed by atoms with Gasteiger partial charge in [0.05, 0.1) is 0 Å². The van der Waals surface area contributed by atoms with Crippen LogP contribution in [0.4, 0.5) is 4.79 Å². The largest absolute Gasteiger partial charge is 0.338 e. The summed E-state index contributed by atoms with van der Waals surface area (Å²) >= 11 is 0. The number of hydrogen-bond acceptors (Lipinski definition) is 3. The molecule has 0 fully saturated rings. The number of nitrogens with zero attached hydrogens (tertiary/aromatic N) is 1. The number of nitrogens with two attached hydrogens (primary N) is 1. The van der Waals surface area contributed by atoms with E-state index in [-0.39, 0.29) is 6.03 Å². The number of hydrogen-bond donors (Lipinski definition) is 3. The van der Waals surface area contributed by atoms with Crippen molar-refractivity contribution in [3.8, 4) is 0 Å². The van der Waals surface area contributed by atoms with E-state index < -0.39 is 0 Å². The summed E-state index contributed by atoms with van der Waals surface area (Å²) in [5.74, 6) is 0. The highest BCUT2D eigenvalue weighted by Gasteiger charge is 1.97. The molecule has 2 amide bonds. The lowest BCUT2D eigenvalue weighted by molar-refractivity contribution is 0.241. The Labute approximate surface area is 89.1 Å². The summed E-state index contributed by atoms with van der Waals surface area (Å²) in [7, 11) is 0. The second-order valence-corrected chi connectivity index (χ2v) is 3.08. The molecule has 0 aliphatic carbocycles. The minimum atomic E-state index is -0.177. The lowest BCUT2D eigenvalue weighted by Crippen LogP contribution is -2.39. The molecule has 1 rings (SSSR count). The summed E-state index contributed by atoms with van der Waals surface area (Å²) in [6.07, 6.45) is 4.30. The standard InChI is InChI=1S/C10H16N4O/c11-4-7-14-10(15)13-6-3-9-2-1-5-12-8-9/h1-2,5,8H,3-4,6-7,11H2,(H2,13,14,15). The van der Waals surface area contributed by atoms with E-state index >= 15 is 0 Å². The van der Waals surface area contributed by atoms with Gasteiger partial charge in [-0.2, -0.15) is 0 Å². The van der Waals surface area contributed by atoms with E-state index in [1.54, 1.807) is 12.4 Å². The van der Waals surface area contributed by atoms with E-state index in [4.69, 9.17) is 5.73 Å². The molecule has 0 unspecified atom stereocenters. The minimum absolute atomic E-state index is 0.177. The average molecular weight is 208 g/mol. The number of carbonyl (C=O) groups excluding carboxylic acids is 1. The maximum atomic E-state index is 11.1. The van der Waals surface area contributed by atoms with Crippen LogP contribution in [0.3, 0.4) is 0 Å². The fraction of sp³-hybridized carbons (Fsp3) is 0.400. The molecule has 0 aliphatic rings. The topological polar surface area (TPSA) is 80.0 Å². The summed E-state index contributed by atoms with van der Waals surface area (Å²) in [4.78, 5) is 15.1. The van der Waals surface area contributed by atoms with Crippen LogP contribution < -0.4 is 16.4 Å². The molecule has 0 saturated carbocycles. The van der Waals surface area contributed by atoms with Crippen molar-refractivity contribution in [1.82, 2.24) is 15.6 Å². The first-order valence-electron chi connectivity index (χ1n) is 4.93. The van der Waals surface area contributed by atoms with E-state index in [0.717, 1.165) is 12.0 Å². The first-order valence-corrected chi connectivity index (χ1v) is 4.93. The molecule has 0 spiro atoms. The van der Waals surface area contributed by atoms with Crippen LogP contribution in [-0.2, 0) is 6.42 Å². The smallest absolute Gasteiger partial charge is 0.314 e. The number of rotatable bonds is 5. The molecule has 0 radical (unpaired) electrons. The Hall–Kier alpha value is -1.62. The first kappa shape index (κ1) is 11.5. The van der Waals surface area contributed by atoms with Gasteiger partial charge in [0, 0.05) is 32.0 Å². The van der Waals surface area contributed by atoms with Crippen molar-refractivity contribution < 1.29 is 4.79 Å². The van der Waals surface area contributed by atoms with Crippen LogP contribution in [0.15, 0.2) is 24.5 Å². The Morgan fingerprint density at radius 2 is 2.20 bits per heavy atom. The van der Waals surface area contributed by atoms with Crippen molar-refractivity contribution in [2.24, 2.45) is 5.73 Å². The number of amides is 2. The fourth-order valence-corrected chi connectivity index (χ4v) is 1.11. The number of urea groups is 1. The van der Waals surface area contributed by atoms with Crippen LogP contribution in [0.5, 0.6) is 0 Å². The number of carbonyl (C=O) groups is 1. The van der Waals surface area contributed by atoms with Gasteiger partial charge >= 0.3 is 6.03 Å². The zero-order chi connectivity index (χ0) is 10.9. The van der Waals surface area contributed by atoms with E-state index in [1.165, 1.54) is 0 Å². The van der Waals surface area contributed by atoms with Crippen molar-refractivity contribution in [1.29, 1.82) is 0 Å². The Morgan fingerprint density at radius 3 is 2.87 bits per heavy atom. The van der Waals surface area contributed by atoms with Crippen LogP contribution in [0.2, 0.25) is 0 Å². The van der Waals surface area contributed by atoms with Crippen molar-refractivity contribution in [3.63, 3.8) is 0 Å². The molecule has 1 aromatic heterocycles. The summed E-state index contributed by atoms with van der Waals surface area (Å²) < 4.78 is 0. The third-order valence-corrected chi connectivity index (χ3v) is 1.85. The molecule has 15 heavy (non-hydrogen) atoms. The van der Waals surface area contributed by atoms with Gasteiger partial charge in [0.1, 0.15) is 0 Å². The van der Waals surface area contributed by atoms with Gasteiger partial charge in [-0.25, -0.2) is 4.79 Å². The third kappa shape index (κ3) is 4.97. The summed E-state index contributed by atoms with van der Waals surface area (Å²) in [5, 5.41) is 5.36. The molecule has 5 nitrogen and oxygen atoms in total. The molecular formula is C10H16N4O. The quantitative estimate of drug-likeness (QED) is 0.631. The lowest BCUT2D eigenvalue weighted by Gasteiger charge is -2.05. The van der Waals surface area contributed by atoms with Crippen molar-refractivity contribution >= 4 is 6.03 Å². The predicted molar refractivity (Wildman–Crippen MR) is 58.4 cm³/mol. The number of nitrogens with one attached hydrogen (secondary N) is 2. The molecule has 1 aromatic rings. The van der Waals surface area contributed by atoms with Gasteiger partial charge in [-0.1, -0.05) is 6.07 Å². The van der Waals surface area contributed by atoms with E-state index in [2.05, 4.69) is 15.6 Å². The van der Waals surface area contributed by atoms with Gasteiger partial charge < -0.3 is 16.4 Å². The Morgan fingerprint density at radius 1 is 1.40 bits per heavy atom. The van der Waals surface area contributed by atoms with Crippen molar-refractivity contribution in [2.75, 3.05) is 19.6 Å². The van der Waals surface area contributed by atoms with Crippen LogP contribution in [0.1, 0.15) is 5.56 Å². The van der Waals surface area contributed by atoms with Gasteiger partial charge in [0.25, 0.3) is 0 Å². The molecule has 0 atom stereocenters. The second kappa shape index (κ2) is 6.78. The SMILES string of the molecule is NCCNC(=O)NCCc1cccnc1. The van der Waals surface area contributed by atoms with Gasteiger partial charge in [0.2, 0.25) is 0 Å². The van der Waals surface area contributed by atoms with Crippen LogP contribution in [0, 0.1) is 0 Å². The van der Waals surface area contributed by atoms with Gasteiger partial charge in [-0.3, -0.25) is 4.98 Å². The van der Waals surface area contributed by atoms with Gasteiger partial charge in [-0.05, 0) is 18.1 Å².